The van der Waals surface area contributed by atoms with Gasteiger partial charge in [-0.3, -0.25) is 4.79 Å². The molecular weight excluding hydrogens is 236 g/mol. The second kappa shape index (κ2) is 5.97. The first-order valence-corrected chi connectivity index (χ1v) is 6.64. The zero-order chi connectivity index (χ0) is 13.1. The first kappa shape index (κ1) is 13.7. The SMILES string of the molecule is O=C(NC[C@H]1N[C@H](CO)[C@@H](O)[C@@H]1O)C1CCCC1. The Morgan fingerprint density at radius 2 is 1.78 bits per heavy atom. The summed E-state index contributed by atoms with van der Waals surface area (Å²) >= 11 is 0. The summed E-state index contributed by atoms with van der Waals surface area (Å²) in [4.78, 5) is 11.8. The van der Waals surface area contributed by atoms with E-state index < -0.39 is 24.3 Å². The minimum atomic E-state index is -0.983. The molecule has 2 fully saturated rings. The highest BCUT2D eigenvalue weighted by atomic mass is 16.3. The third kappa shape index (κ3) is 2.83. The Balaban J connectivity index is 1.78. The van der Waals surface area contributed by atoms with Gasteiger partial charge < -0.3 is 26.0 Å². The number of rotatable bonds is 4. The molecule has 0 bridgehead atoms. The molecule has 6 heteroatoms. The van der Waals surface area contributed by atoms with E-state index in [1.807, 2.05) is 0 Å². The van der Waals surface area contributed by atoms with E-state index in [9.17, 15) is 15.0 Å². The molecule has 0 aromatic heterocycles. The van der Waals surface area contributed by atoms with Gasteiger partial charge in [0.1, 0.15) is 0 Å². The van der Waals surface area contributed by atoms with E-state index in [0.29, 0.717) is 0 Å². The standard InChI is InChI=1S/C12H22N2O4/c15-6-9-11(17)10(16)8(14-9)5-13-12(18)7-3-1-2-4-7/h7-11,14-17H,1-6H2,(H,13,18)/t8-,9-,10-,11-/m1/s1. The van der Waals surface area contributed by atoms with Crippen molar-refractivity contribution in [2.24, 2.45) is 5.92 Å². The molecule has 1 heterocycles. The van der Waals surface area contributed by atoms with Crippen LogP contribution < -0.4 is 10.6 Å². The Bertz CT molecular complexity index is 294. The van der Waals surface area contributed by atoms with Crippen molar-refractivity contribution in [3.05, 3.63) is 0 Å². The average Bonchev–Trinajstić information content (AvgIpc) is 2.98. The lowest BCUT2D eigenvalue weighted by molar-refractivity contribution is -0.125. The zero-order valence-corrected chi connectivity index (χ0v) is 10.4. The van der Waals surface area contributed by atoms with Gasteiger partial charge in [0.2, 0.25) is 5.91 Å². The van der Waals surface area contributed by atoms with Crippen molar-refractivity contribution in [3.63, 3.8) is 0 Å². The molecule has 1 aliphatic carbocycles. The molecule has 1 amide bonds. The third-order valence-corrected chi connectivity index (χ3v) is 4.02. The highest BCUT2D eigenvalue weighted by molar-refractivity contribution is 5.78. The molecule has 2 aliphatic rings. The van der Waals surface area contributed by atoms with Crippen LogP contribution >= 0.6 is 0 Å². The van der Waals surface area contributed by atoms with Crippen LogP contribution in [0.15, 0.2) is 0 Å². The van der Waals surface area contributed by atoms with Crippen LogP contribution in [0.4, 0.5) is 0 Å². The summed E-state index contributed by atoms with van der Waals surface area (Å²) in [7, 11) is 0. The van der Waals surface area contributed by atoms with E-state index in [1.165, 1.54) is 0 Å². The van der Waals surface area contributed by atoms with Gasteiger partial charge in [0.05, 0.1) is 30.9 Å². The van der Waals surface area contributed by atoms with Crippen LogP contribution in [0.3, 0.4) is 0 Å². The molecule has 1 saturated carbocycles. The van der Waals surface area contributed by atoms with Crippen LogP contribution in [0.25, 0.3) is 0 Å². The van der Waals surface area contributed by atoms with Crippen molar-refractivity contribution >= 4 is 5.91 Å². The van der Waals surface area contributed by atoms with Gasteiger partial charge in [0.15, 0.2) is 0 Å². The number of carbonyl (C=O) groups is 1. The predicted octanol–water partition coefficient (Wildman–Crippen LogP) is -1.65. The second-order valence-electron chi connectivity index (χ2n) is 5.27. The molecule has 18 heavy (non-hydrogen) atoms. The van der Waals surface area contributed by atoms with Gasteiger partial charge in [-0.2, -0.15) is 0 Å². The van der Waals surface area contributed by atoms with E-state index >= 15 is 0 Å². The maximum Gasteiger partial charge on any atom is 0.223 e. The van der Waals surface area contributed by atoms with Gasteiger partial charge in [-0.05, 0) is 12.8 Å². The monoisotopic (exact) mass is 258 g/mol. The summed E-state index contributed by atoms with van der Waals surface area (Å²) < 4.78 is 0. The lowest BCUT2D eigenvalue weighted by Gasteiger charge is -2.18. The topological polar surface area (TPSA) is 102 Å². The fraction of sp³-hybridized carbons (Fsp3) is 0.917. The fourth-order valence-electron chi connectivity index (χ4n) is 2.83. The third-order valence-electron chi connectivity index (χ3n) is 4.02. The summed E-state index contributed by atoms with van der Waals surface area (Å²) in [5.74, 6) is 0.130. The van der Waals surface area contributed by atoms with E-state index in [2.05, 4.69) is 10.6 Å². The Morgan fingerprint density at radius 3 is 2.33 bits per heavy atom. The Hall–Kier alpha value is -0.690. The van der Waals surface area contributed by atoms with Crippen LogP contribution in [0, 0.1) is 5.92 Å². The van der Waals surface area contributed by atoms with Crippen LogP contribution in [-0.4, -0.2) is 58.7 Å². The zero-order valence-electron chi connectivity index (χ0n) is 10.4. The minimum absolute atomic E-state index is 0.0310. The lowest BCUT2D eigenvalue weighted by atomic mass is 10.1. The van der Waals surface area contributed by atoms with E-state index in [-0.39, 0.29) is 25.0 Å². The molecule has 0 aromatic rings. The molecule has 0 spiro atoms. The number of carbonyl (C=O) groups excluding carboxylic acids is 1. The van der Waals surface area contributed by atoms with Gasteiger partial charge in [0.25, 0.3) is 0 Å². The Morgan fingerprint density at radius 1 is 1.17 bits per heavy atom. The number of aliphatic hydroxyl groups is 3. The van der Waals surface area contributed by atoms with Crippen molar-refractivity contribution in [3.8, 4) is 0 Å². The minimum Gasteiger partial charge on any atom is -0.395 e. The Kier molecular flexibility index (Phi) is 4.55. The van der Waals surface area contributed by atoms with Crippen LogP contribution in [0.1, 0.15) is 25.7 Å². The molecule has 0 radical (unpaired) electrons. The van der Waals surface area contributed by atoms with E-state index in [0.717, 1.165) is 25.7 Å². The summed E-state index contributed by atoms with van der Waals surface area (Å²) in [6, 6.07) is -0.920. The molecule has 0 aromatic carbocycles. The molecule has 1 saturated heterocycles. The van der Waals surface area contributed by atoms with E-state index in [4.69, 9.17) is 5.11 Å². The van der Waals surface area contributed by atoms with Crippen LogP contribution in [0.5, 0.6) is 0 Å². The van der Waals surface area contributed by atoms with Crippen molar-refractivity contribution < 1.29 is 20.1 Å². The van der Waals surface area contributed by atoms with Crippen molar-refractivity contribution in [1.29, 1.82) is 0 Å². The number of nitrogens with one attached hydrogen (secondary N) is 2. The Labute approximate surface area is 106 Å². The summed E-state index contributed by atoms with van der Waals surface area (Å²) in [5, 5.41) is 34.1. The first-order valence-electron chi connectivity index (χ1n) is 6.64. The molecule has 1 aliphatic heterocycles. The summed E-state index contributed by atoms with van der Waals surface area (Å²) in [6.45, 7) is 0.0510. The fourth-order valence-corrected chi connectivity index (χ4v) is 2.83. The average molecular weight is 258 g/mol. The smallest absolute Gasteiger partial charge is 0.223 e. The number of hydrogen-bond donors (Lipinski definition) is 5. The molecule has 4 atom stereocenters. The second-order valence-corrected chi connectivity index (χ2v) is 5.27. The maximum atomic E-state index is 11.8. The van der Waals surface area contributed by atoms with Gasteiger partial charge >= 0.3 is 0 Å². The molecule has 6 nitrogen and oxygen atoms in total. The van der Waals surface area contributed by atoms with Gasteiger partial charge in [-0.1, -0.05) is 12.8 Å². The molecule has 104 valence electrons. The maximum absolute atomic E-state index is 11.8. The normalized spacial score (nSPS) is 37.1. The van der Waals surface area contributed by atoms with Gasteiger partial charge in [-0.25, -0.2) is 0 Å². The summed E-state index contributed by atoms with van der Waals surface area (Å²) in [5.41, 5.74) is 0. The molecular formula is C12H22N2O4. The summed E-state index contributed by atoms with van der Waals surface area (Å²) in [6.07, 6.45) is 2.15. The van der Waals surface area contributed by atoms with Crippen LogP contribution in [-0.2, 0) is 4.79 Å². The lowest BCUT2D eigenvalue weighted by Crippen LogP contribution is -2.45. The van der Waals surface area contributed by atoms with Crippen molar-refractivity contribution in [1.82, 2.24) is 10.6 Å². The number of hydrogen-bond acceptors (Lipinski definition) is 5. The van der Waals surface area contributed by atoms with Crippen molar-refractivity contribution in [2.75, 3.05) is 13.2 Å². The molecule has 0 unspecified atom stereocenters. The van der Waals surface area contributed by atoms with Gasteiger partial charge in [-0.15, -0.1) is 0 Å². The highest BCUT2D eigenvalue weighted by Gasteiger charge is 2.40. The number of amides is 1. The first-order chi connectivity index (χ1) is 8.63. The van der Waals surface area contributed by atoms with Gasteiger partial charge in [0, 0.05) is 12.5 Å². The quantitative estimate of drug-likeness (QED) is 0.416. The van der Waals surface area contributed by atoms with E-state index in [1.54, 1.807) is 0 Å². The molecule has 5 N–H and O–H groups in total. The van der Waals surface area contributed by atoms with Crippen molar-refractivity contribution in [2.45, 2.75) is 50.0 Å². The molecule has 2 rings (SSSR count). The largest absolute Gasteiger partial charge is 0.395 e. The van der Waals surface area contributed by atoms with Crippen LogP contribution in [0.2, 0.25) is 0 Å². The highest BCUT2D eigenvalue weighted by Crippen LogP contribution is 2.24. The predicted molar refractivity (Wildman–Crippen MR) is 64.8 cm³/mol. The number of aliphatic hydroxyl groups excluding tert-OH is 3.